The van der Waals surface area contributed by atoms with Crippen molar-refractivity contribution in [3.8, 4) is 16.9 Å². The van der Waals surface area contributed by atoms with E-state index in [1.165, 1.54) is 31.2 Å². The molecule has 3 N–H and O–H groups in total. The van der Waals surface area contributed by atoms with Gasteiger partial charge in [0.25, 0.3) is 11.8 Å². The van der Waals surface area contributed by atoms with Crippen LogP contribution in [-0.2, 0) is 19.6 Å². The fourth-order valence-electron chi connectivity index (χ4n) is 2.84. The Bertz CT molecular complexity index is 1220. The molecule has 172 valence electrons. The lowest BCUT2D eigenvalue weighted by Gasteiger charge is -2.15. The molecule has 0 saturated carbocycles. The Morgan fingerprint density at radius 3 is 2.24 bits per heavy atom. The molecule has 33 heavy (non-hydrogen) atoms. The van der Waals surface area contributed by atoms with Gasteiger partial charge in [-0.2, -0.15) is 4.72 Å². The summed E-state index contributed by atoms with van der Waals surface area (Å²) in [5.74, 6) is -0.848. The van der Waals surface area contributed by atoms with E-state index in [4.69, 9.17) is 16.3 Å². The number of carbonyl (C=O) groups excluding carboxylic acids is 2. The lowest BCUT2D eigenvalue weighted by molar-refractivity contribution is -0.130. The van der Waals surface area contributed by atoms with Crippen molar-refractivity contribution in [2.24, 2.45) is 0 Å². The molecule has 0 bridgehead atoms. The molecule has 0 unspecified atom stereocenters. The van der Waals surface area contributed by atoms with Crippen molar-refractivity contribution in [2.45, 2.75) is 17.9 Å². The number of amides is 2. The quantitative estimate of drug-likeness (QED) is 0.423. The van der Waals surface area contributed by atoms with Gasteiger partial charge < -0.3 is 4.74 Å². The van der Waals surface area contributed by atoms with Gasteiger partial charge >= 0.3 is 0 Å². The van der Waals surface area contributed by atoms with Crippen LogP contribution in [0.4, 0.5) is 0 Å². The number of para-hydroxylation sites is 1. The van der Waals surface area contributed by atoms with Gasteiger partial charge in [0, 0.05) is 10.6 Å². The molecule has 3 aromatic carbocycles. The summed E-state index contributed by atoms with van der Waals surface area (Å²) in [5, 5.41) is 0.385. The zero-order chi connectivity index (χ0) is 23.8. The molecule has 3 aromatic rings. The third kappa shape index (κ3) is 6.79. The van der Waals surface area contributed by atoms with Crippen LogP contribution in [0.3, 0.4) is 0 Å². The Labute approximate surface area is 196 Å². The summed E-state index contributed by atoms with van der Waals surface area (Å²) in [6.07, 6.45) is 0. The molecule has 0 spiro atoms. The van der Waals surface area contributed by atoms with Gasteiger partial charge in [0.2, 0.25) is 10.0 Å². The maximum Gasteiger partial charge on any atom is 0.276 e. The van der Waals surface area contributed by atoms with E-state index < -0.39 is 27.9 Å². The van der Waals surface area contributed by atoms with Gasteiger partial charge in [0.05, 0.1) is 10.9 Å². The summed E-state index contributed by atoms with van der Waals surface area (Å²) >= 11 is 5.76. The summed E-state index contributed by atoms with van der Waals surface area (Å²) < 4.78 is 32.6. The Morgan fingerprint density at radius 2 is 1.55 bits per heavy atom. The van der Waals surface area contributed by atoms with Crippen molar-refractivity contribution in [1.29, 1.82) is 0 Å². The molecule has 0 aliphatic heterocycles. The Balaban J connectivity index is 1.51. The van der Waals surface area contributed by atoms with Gasteiger partial charge in [-0.15, -0.1) is 0 Å². The number of hydrogen-bond acceptors (Lipinski definition) is 5. The third-order valence-electron chi connectivity index (χ3n) is 4.50. The average molecular weight is 488 g/mol. The van der Waals surface area contributed by atoms with Crippen LogP contribution < -0.4 is 20.3 Å². The van der Waals surface area contributed by atoms with E-state index in [9.17, 15) is 18.0 Å². The lowest BCUT2D eigenvalue weighted by atomic mass is 10.1. The zero-order valence-electron chi connectivity index (χ0n) is 17.6. The lowest BCUT2D eigenvalue weighted by Crippen LogP contribution is -2.51. The Hall–Kier alpha value is -3.40. The summed E-state index contributed by atoms with van der Waals surface area (Å²) in [6, 6.07) is 21.2. The van der Waals surface area contributed by atoms with E-state index in [0.717, 1.165) is 11.1 Å². The highest BCUT2D eigenvalue weighted by Crippen LogP contribution is 2.29. The second-order valence-electron chi connectivity index (χ2n) is 6.99. The number of benzene rings is 3. The van der Waals surface area contributed by atoms with E-state index in [1.54, 1.807) is 12.1 Å². The molecular formula is C23H22ClN3O5S. The first-order valence-corrected chi connectivity index (χ1v) is 11.8. The highest BCUT2D eigenvalue weighted by molar-refractivity contribution is 7.89. The Morgan fingerprint density at radius 1 is 0.909 bits per heavy atom. The van der Waals surface area contributed by atoms with E-state index >= 15 is 0 Å². The maximum absolute atomic E-state index is 12.4. The highest BCUT2D eigenvalue weighted by atomic mass is 35.5. The second kappa shape index (κ2) is 11.0. The second-order valence-corrected chi connectivity index (χ2v) is 9.14. The number of nitrogens with one attached hydrogen (secondary N) is 3. The first kappa shape index (κ1) is 24.2. The van der Waals surface area contributed by atoms with Crippen LogP contribution in [0.15, 0.2) is 83.8 Å². The van der Waals surface area contributed by atoms with Crippen LogP contribution in [0.2, 0.25) is 5.02 Å². The van der Waals surface area contributed by atoms with Gasteiger partial charge in [-0.25, -0.2) is 8.42 Å². The standard InChI is InChI=1S/C23H22ClN3O5S/c1-16(27-33(30,31)19-13-11-18(24)12-14-19)23(29)26-25-22(28)15-32-21-10-6-5-9-20(21)17-7-3-2-4-8-17/h2-14,16,27H,15H2,1H3,(H,25,28)(H,26,29)/t16-/m0/s1. The van der Waals surface area contributed by atoms with Crippen LogP contribution in [0.1, 0.15) is 6.92 Å². The van der Waals surface area contributed by atoms with Crippen molar-refractivity contribution in [3.63, 3.8) is 0 Å². The molecule has 0 aromatic heterocycles. The molecule has 0 aliphatic rings. The third-order valence-corrected chi connectivity index (χ3v) is 6.31. The molecule has 3 rings (SSSR count). The SMILES string of the molecule is C[C@H](NS(=O)(=O)c1ccc(Cl)cc1)C(=O)NNC(=O)COc1ccccc1-c1ccccc1. The van der Waals surface area contributed by atoms with Crippen LogP contribution in [0.25, 0.3) is 11.1 Å². The van der Waals surface area contributed by atoms with Gasteiger partial charge in [0.15, 0.2) is 6.61 Å². The van der Waals surface area contributed by atoms with Crippen LogP contribution in [-0.4, -0.2) is 32.9 Å². The monoisotopic (exact) mass is 487 g/mol. The molecule has 1 atom stereocenters. The molecule has 2 amide bonds. The van der Waals surface area contributed by atoms with Crippen molar-refractivity contribution >= 4 is 33.4 Å². The molecule has 0 saturated heterocycles. The highest BCUT2D eigenvalue weighted by Gasteiger charge is 2.22. The molecule has 0 aliphatic carbocycles. The molecular weight excluding hydrogens is 466 g/mol. The van der Waals surface area contributed by atoms with Crippen LogP contribution in [0, 0.1) is 0 Å². The fourth-order valence-corrected chi connectivity index (χ4v) is 4.16. The van der Waals surface area contributed by atoms with Crippen LogP contribution in [0.5, 0.6) is 5.75 Å². The number of rotatable bonds is 8. The minimum Gasteiger partial charge on any atom is -0.483 e. The molecule has 0 radical (unpaired) electrons. The minimum absolute atomic E-state index is 0.0407. The van der Waals surface area contributed by atoms with Crippen molar-refractivity contribution in [1.82, 2.24) is 15.6 Å². The topological polar surface area (TPSA) is 114 Å². The maximum atomic E-state index is 12.4. The average Bonchev–Trinajstić information content (AvgIpc) is 2.82. The molecule has 10 heteroatoms. The number of hydrazine groups is 1. The van der Waals surface area contributed by atoms with E-state index in [1.807, 2.05) is 42.5 Å². The molecule has 0 heterocycles. The number of halogens is 1. The van der Waals surface area contributed by atoms with E-state index in [-0.39, 0.29) is 11.5 Å². The van der Waals surface area contributed by atoms with Crippen molar-refractivity contribution in [2.75, 3.05) is 6.61 Å². The van der Waals surface area contributed by atoms with Gasteiger partial charge in [-0.1, -0.05) is 60.1 Å². The normalized spacial score (nSPS) is 11.9. The van der Waals surface area contributed by atoms with Crippen molar-refractivity contribution in [3.05, 3.63) is 83.9 Å². The summed E-state index contributed by atoms with van der Waals surface area (Å²) in [5.41, 5.74) is 6.14. The van der Waals surface area contributed by atoms with Crippen molar-refractivity contribution < 1.29 is 22.7 Å². The molecule has 8 nitrogen and oxygen atoms in total. The number of hydrogen-bond donors (Lipinski definition) is 3. The molecule has 0 fully saturated rings. The Kier molecular flexibility index (Phi) is 8.05. The van der Waals surface area contributed by atoms with Gasteiger partial charge in [0.1, 0.15) is 5.75 Å². The fraction of sp³-hybridized carbons (Fsp3) is 0.130. The summed E-state index contributed by atoms with van der Waals surface area (Å²) in [4.78, 5) is 24.3. The minimum atomic E-state index is -3.94. The summed E-state index contributed by atoms with van der Waals surface area (Å²) in [6.45, 7) is 0.997. The zero-order valence-corrected chi connectivity index (χ0v) is 19.2. The largest absolute Gasteiger partial charge is 0.483 e. The summed E-state index contributed by atoms with van der Waals surface area (Å²) in [7, 11) is -3.94. The predicted octanol–water partition coefficient (Wildman–Crippen LogP) is 2.90. The van der Waals surface area contributed by atoms with E-state index in [2.05, 4.69) is 15.6 Å². The predicted molar refractivity (Wildman–Crippen MR) is 125 cm³/mol. The van der Waals surface area contributed by atoms with Crippen LogP contribution >= 0.6 is 11.6 Å². The first-order chi connectivity index (χ1) is 15.8. The van der Waals surface area contributed by atoms with Gasteiger partial charge in [-0.05, 0) is 42.8 Å². The van der Waals surface area contributed by atoms with Gasteiger partial charge in [-0.3, -0.25) is 20.4 Å². The number of sulfonamides is 1. The first-order valence-electron chi connectivity index (χ1n) is 9.90. The smallest absolute Gasteiger partial charge is 0.276 e. The number of ether oxygens (including phenoxy) is 1. The van der Waals surface area contributed by atoms with E-state index in [0.29, 0.717) is 10.8 Å². The number of carbonyl (C=O) groups is 2.